The highest BCUT2D eigenvalue weighted by Gasteiger charge is 2.06. The third-order valence-corrected chi connectivity index (χ3v) is 3.45. The van der Waals surface area contributed by atoms with E-state index in [1.165, 1.54) is 6.07 Å². The summed E-state index contributed by atoms with van der Waals surface area (Å²) in [5, 5.41) is 4.77. The fourth-order valence-corrected chi connectivity index (χ4v) is 2.34. The van der Waals surface area contributed by atoms with Crippen molar-refractivity contribution in [3.8, 4) is 0 Å². The molecule has 0 aliphatic heterocycles. The van der Waals surface area contributed by atoms with Gasteiger partial charge in [-0.05, 0) is 30.3 Å². The average Bonchev–Trinajstić information content (AvgIpc) is 2.48. The van der Waals surface area contributed by atoms with Crippen molar-refractivity contribution in [1.29, 1.82) is 0 Å². The minimum atomic E-state index is -0.212. The smallest absolute Gasteiger partial charge is 0.128 e. The van der Waals surface area contributed by atoms with Gasteiger partial charge in [0.25, 0.3) is 0 Å². The summed E-state index contributed by atoms with van der Waals surface area (Å²) in [5.41, 5.74) is 2.26. The van der Waals surface area contributed by atoms with E-state index in [1.807, 2.05) is 24.3 Å². The van der Waals surface area contributed by atoms with Crippen LogP contribution in [-0.2, 0) is 6.54 Å². The van der Waals surface area contributed by atoms with E-state index in [0.717, 1.165) is 16.6 Å². The van der Waals surface area contributed by atoms with Crippen molar-refractivity contribution < 1.29 is 4.39 Å². The Morgan fingerprint density at radius 2 is 1.90 bits per heavy atom. The largest absolute Gasteiger partial charge is 0.380 e. The molecule has 0 saturated carbocycles. The van der Waals surface area contributed by atoms with Crippen LogP contribution >= 0.6 is 11.6 Å². The molecule has 0 aliphatic rings. The first-order chi connectivity index (χ1) is 9.75. The number of nitrogens with zero attached hydrogens (tertiary/aromatic N) is 1. The second-order valence-corrected chi connectivity index (χ2v) is 4.85. The van der Waals surface area contributed by atoms with Crippen LogP contribution in [0.15, 0.2) is 54.7 Å². The number of anilines is 1. The molecule has 4 heteroatoms. The maximum Gasteiger partial charge on any atom is 0.128 e. The van der Waals surface area contributed by atoms with E-state index in [0.29, 0.717) is 17.1 Å². The second-order valence-electron chi connectivity index (χ2n) is 4.44. The Kier molecular flexibility index (Phi) is 3.52. The lowest BCUT2D eigenvalue weighted by Gasteiger charge is -2.10. The van der Waals surface area contributed by atoms with Crippen molar-refractivity contribution in [2.45, 2.75) is 6.54 Å². The lowest BCUT2D eigenvalue weighted by Crippen LogP contribution is -2.02. The number of rotatable bonds is 3. The van der Waals surface area contributed by atoms with Crippen molar-refractivity contribution >= 4 is 28.2 Å². The second kappa shape index (κ2) is 5.47. The molecule has 0 bridgehead atoms. The van der Waals surface area contributed by atoms with Gasteiger partial charge in [-0.2, -0.15) is 0 Å². The molecule has 0 radical (unpaired) electrons. The van der Waals surface area contributed by atoms with Gasteiger partial charge in [-0.25, -0.2) is 4.39 Å². The van der Waals surface area contributed by atoms with E-state index in [-0.39, 0.29) is 5.82 Å². The van der Waals surface area contributed by atoms with Crippen LogP contribution in [0.25, 0.3) is 10.9 Å². The standard InChI is InChI=1S/C16H12ClFN2/c17-13-7-8-15(12-5-3-9-19-16(12)13)20-10-11-4-1-2-6-14(11)18/h1-9,20H,10H2. The summed E-state index contributed by atoms with van der Waals surface area (Å²) in [4.78, 5) is 4.27. The number of pyridine rings is 1. The van der Waals surface area contributed by atoms with E-state index in [4.69, 9.17) is 11.6 Å². The maximum atomic E-state index is 13.6. The number of hydrogen-bond donors (Lipinski definition) is 1. The zero-order valence-electron chi connectivity index (χ0n) is 10.6. The third kappa shape index (κ3) is 2.45. The number of aromatic nitrogens is 1. The summed E-state index contributed by atoms with van der Waals surface area (Å²) in [5.74, 6) is -0.212. The molecule has 1 N–H and O–H groups in total. The molecule has 2 aromatic carbocycles. The highest BCUT2D eigenvalue weighted by molar-refractivity contribution is 6.35. The quantitative estimate of drug-likeness (QED) is 0.759. The summed E-state index contributed by atoms with van der Waals surface area (Å²) in [6.45, 7) is 0.415. The van der Waals surface area contributed by atoms with Crippen LogP contribution in [0.3, 0.4) is 0 Å². The highest BCUT2D eigenvalue weighted by Crippen LogP contribution is 2.28. The molecule has 0 saturated heterocycles. The number of halogens is 2. The van der Waals surface area contributed by atoms with Crippen LogP contribution in [0.5, 0.6) is 0 Å². The Labute approximate surface area is 121 Å². The normalized spacial score (nSPS) is 10.7. The van der Waals surface area contributed by atoms with Crippen LogP contribution in [0.4, 0.5) is 10.1 Å². The lowest BCUT2D eigenvalue weighted by molar-refractivity contribution is 0.613. The molecule has 3 aromatic rings. The van der Waals surface area contributed by atoms with Gasteiger partial charge in [0.2, 0.25) is 0 Å². The van der Waals surface area contributed by atoms with Crippen molar-refractivity contribution in [1.82, 2.24) is 4.98 Å². The topological polar surface area (TPSA) is 24.9 Å². The molecule has 1 heterocycles. The number of nitrogens with one attached hydrogen (secondary N) is 1. The summed E-state index contributed by atoms with van der Waals surface area (Å²) >= 11 is 6.12. The van der Waals surface area contributed by atoms with Gasteiger partial charge in [-0.15, -0.1) is 0 Å². The zero-order valence-corrected chi connectivity index (χ0v) is 11.4. The van der Waals surface area contributed by atoms with E-state index in [1.54, 1.807) is 24.4 Å². The first kappa shape index (κ1) is 12.9. The first-order valence-corrected chi connectivity index (χ1v) is 6.64. The minimum Gasteiger partial charge on any atom is -0.380 e. The first-order valence-electron chi connectivity index (χ1n) is 6.26. The fourth-order valence-electron chi connectivity index (χ4n) is 2.12. The van der Waals surface area contributed by atoms with Gasteiger partial charge in [0.05, 0.1) is 10.5 Å². The Morgan fingerprint density at radius 3 is 2.75 bits per heavy atom. The minimum absolute atomic E-state index is 0.212. The molecule has 0 fully saturated rings. The van der Waals surface area contributed by atoms with Crippen molar-refractivity contribution in [2.75, 3.05) is 5.32 Å². The van der Waals surface area contributed by atoms with E-state index < -0.39 is 0 Å². The van der Waals surface area contributed by atoms with E-state index in [9.17, 15) is 4.39 Å². The predicted octanol–water partition coefficient (Wildman–Crippen LogP) is 4.64. The third-order valence-electron chi connectivity index (χ3n) is 3.15. The molecule has 3 rings (SSSR count). The monoisotopic (exact) mass is 286 g/mol. The summed E-state index contributed by atoms with van der Waals surface area (Å²) in [7, 11) is 0. The van der Waals surface area contributed by atoms with Crippen LogP contribution in [0.1, 0.15) is 5.56 Å². The van der Waals surface area contributed by atoms with Gasteiger partial charge in [0.1, 0.15) is 5.82 Å². The Balaban J connectivity index is 1.92. The summed E-state index contributed by atoms with van der Waals surface area (Å²) in [6, 6.07) is 14.2. The van der Waals surface area contributed by atoms with Crippen LogP contribution in [-0.4, -0.2) is 4.98 Å². The Bertz CT molecular complexity index is 758. The number of hydrogen-bond acceptors (Lipinski definition) is 2. The van der Waals surface area contributed by atoms with Gasteiger partial charge >= 0.3 is 0 Å². The average molecular weight is 287 g/mol. The number of benzene rings is 2. The Hall–Kier alpha value is -2.13. The van der Waals surface area contributed by atoms with Crippen LogP contribution in [0.2, 0.25) is 5.02 Å². The molecule has 0 spiro atoms. The van der Waals surface area contributed by atoms with Gasteiger partial charge in [0.15, 0.2) is 0 Å². The molecule has 0 unspecified atom stereocenters. The molecular formula is C16H12ClFN2. The van der Waals surface area contributed by atoms with Crippen molar-refractivity contribution in [3.63, 3.8) is 0 Å². The molecule has 100 valence electrons. The van der Waals surface area contributed by atoms with Crippen LogP contribution in [0, 0.1) is 5.82 Å². The molecule has 2 nitrogen and oxygen atoms in total. The molecule has 20 heavy (non-hydrogen) atoms. The van der Waals surface area contributed by atoms with E-state index in [2.05, 4.69) is 10.3 Å². The highest BCUT2D eigenvalue weighted by atomic mass is 35.5. The van der Waals surface area contributed by atoms with Crippen LogP contribution < -0.4 is 5.32 Å². The van der Waals surface area contributed by atoms with Gasteiger partial charge in [-0.3, -0.25) is 4.98 Å². The molecule has 0 atom stereocenters. The van der Waals surface area contributed by atoms with E-state index >= 15 is 0 Å². The SMILES string of the molecule is Fc1ccccc1CNc1ccc(Cl)c2ncccc12. The predicted molar refractivity (Wildman–Crippen MR) is 80.5 cm³/mol. The van der Waals surface area contributed by atoms with Gasteiger partial charge in [0, 0.05) is 29.4 Å². The molecule has 0 amide bonds. The summed E-state index contributed by atoms with van der Waals surface area (Å²) < 4.78 is 13.6. The van der Waals surface area contributed by atoms with Gasteiger partial charge < -0.3 is 5.32 Å². The molecular weight excluding hydrogens is 275 g/mol. The Morgan fingerprint density at radius 1 is 1.05 bits per heavy atom. The molecule has 1 aromatic heterocycles. The van der Waals surface area contributed by atoms with Gasteiger partial charge in [-0.1, -0.05) is 29.8 Å². The number of fused-ring (bicyclic) bond motifs is 1. The van der Waals surface area contributed by atoms with Crippen molar-refractivity contribution in [3.05, 3.63) is 71.1 Å². The zero-order chi connectivity index (χ0) is 13.9. The molecule has 0 aliphatic carbocycles. The fraction of sp³-hybridized carbons (Fsp3) is 0.0625. The summed E-state index contributed by atoms with van der Waals surface area (Å²) in [6.07, 6.45) is 1.70. The maximum absolute atomic E-state index is 13.6. The lowest BCUT2D eigenvalue weighted by atomic mass is 10.1. The van der Waals surface area contributed by atoms with Crippen molar-refractivity contribution in [2.24, 2.45) is 0 Å².